The van der Waals surface area contributed by atoms with Crippen molar-refractivity contribution in [3.8, 4) is 44.0 Å². The molecule has 6 aromatic rings. The number of benzene rings is 2. The number of aromatic nitrogens is 4. The predicted octanol–water partition coefficient (Wildman–Crippen LogP) is 9.28. The van der Waals surface area contributed by atoms with Gasteiger partial charge in [0.25, 0.3) is 0 Å². The summed E-state index contributed by atoms with van der Waals surface area (Å²) in [5.41, 5.74) is 5.76. The molecule has 1 N–H and O–H groups in total. The van der Waals surface area contributed by atoms with Gasteiger partial charge in [-0.05, 0) is 54.3 Å². The quantitative estimate of drug-likeness (QED) is 0.100. The highest BCUT2D eigenvalue weighted by Crippen LogP contribution is 2.48. The van der Waals surface area contributed by atoms with Crippen molar-refractivity contribution in [1.29, 1.82) is 0 Å². The molecule has 11 nitrogen and oxygen atoms in total. The highest BCUT2D eigenvalue weighted by atomic mass is 35.5. The topological polar surface area (TPSA) is 127 Å². The zero-order chi connectivity index (χ0) is 35.4. The zero-order valence-corrected chi connectivity index (χ0v) is 31.5. The molecule has 0 spiro atoms. The maximum atomic E-state index is 11.9. The van der Waals surface area contributed by atoms with Gasteiger partial charge in [-0.15, -0.1) is 22.7 Å². The predicted molar refractivity (Wildman–Crippen MR) is 196 cm³/mol. The van der Waals surface area contributed by atoms with E-state index in [1.54, 1.807) is 46.4 Å². The molecule has 51 heavy (non-hydrogen) atoms. The third kappa shape index (κ3) is 6.67. The minimum absolute atomic E-state index is 0.117. The fourth-order valence-corrected chi connectivity index (χ4v) is 9.57. The summed E-state index contributed by atoms with van der Waals surface area (Å²) in [7, 11) is -4.45. The molecule has 0 saturated carbocycles. The Bertz CT molecular complexity index is 2420. The van der Waals surface area contributed by atoms with Crippen LogP contribution in [-0.4, -0.2) is 45.7 Å². The zero-order valence-electron chi connectivity index (χ0n) is 26.1. The van der Waals surface area contributed by atoms with Crippen molar-refractivity contribution in [2.75, 3.05) is 13.2 Å². The Balaban J connectivity index is 0.958. The van der Waals surface area contributed by atoms with Gasteiger partial charge in [-0.3, -0.25) is 4.55 Å². The Labute approximate surface area is 319 Å². The molecule has 0 saturated heterocycles. The summed E-state index contributed by atoms with van der Waals surface area (Å²) in [6, 6.07) is 13.6. The third-order valence-electron chi connectivity index (χ3n) is 8.20. The van der Waals surface area contributed by atoms with Gasteiger partial charge >= 0.3 is 10.1 Å². The molecule has 2 aromatic carbocycles. The van der Waals surface area contributed by atoms with Gasteiger partial charge in [-0.1, -0.05) is 46.4 Å². The highest BCUT2D eigenvalue weighted by Gasteiger charge is 2.32. The lowest BCUT2D eigenvalue weighted by Crippen LogP contribution is -2.08. The standard InChI is InChI=1S/C33H24Cl4N4O7S3/c34-17-2-4-25(21(36)10-17)40-30-19(13-47-27-6-9-49-32(27)30)23(38-40)15-45-7-1-8-46-16-24-20-14-48-28-12-29(51(42,43)44)50-33(28)31(20)41(39-24)26-5-3-18(35)11-22(26)37/h2-6,9-12H,1,7-8,13-16H2,(H,42,43,44). The van der Waals surface area contributed by atoms with E-state index in [2.05, 4.69) is 0 Å². The van der Waals surface area contributed by atoms with Crippen LogP contribution < -0.4 is 9.47 Å². The Kier molecular flexibility index (Phi) is 9.59. The number of hydrogen-bond acceptors (Lipinski definition) is 10. The molecule has 264 valence electrons. The Hall–Kier alpha value is -3.15. The maximum Gasteiger partial charge on any atom is 0.304 e. The number of fused-ring (bicyclic) bond motifs is 6. The van der Waals surface area contributed by atoms with E-state index in [4.69, 9.17) is 75.5 Å². The first-order valence-corrected chi connectivity index (χ1v) is 19.9. The van der Waals surface area contributed by atoms with E-state index in [0.29, 0.717) is 85.3 Å². The van der Waals surface area contributed by atoms with E-state index < -0.39 is 10.1 Å². The van der Waals surface area contributed by atoms with Gasteiger partial charge in [-0.25, -0.2) is 9.36 Å². The Morgan fingerprint density at radius 1 is 0.765 bits per heavy atom. The van der Waals surface area contributed by atoms with Crippen molar-refractivity contribution in [3.05, 3.63) is 96.5 Å². The molecule has 0 radical (unpaired) electrons. The molecule has 2 aliphatic rings. The first-order chi connectivity index (χ1) is 24.6. The Morgan fingerprint density at radius 2 is 1.31 bits per heavy atom. The summed E-state index contributed by atoms with van der Waals surface area (Å²) in [4.78, 5) is 1.46. The van der Waals surface area contributed by atoms with Crippen LogP contribution in [0.2, 0.25) is 20.1 Å². The lowest BCUT2D eigenvalue weighted by molar-refractivity contribution is 0.0662. The normalized spacial score (nSPS) is 13.3. The van der Waals surface area contributed by atoms with Gasteiger partial charge in [-0.2, -0.15) is 18.6 Å². The first kappa shape index (κ1) is 34.9. The number of halogens is 4. The van der Waals surface area contributed by atoms with Gasteiger partial charge in [0.15, 0.2) is 4.21 Å². The smallest absolute Gasteiger partial charge is 0.304 e. The van der Waals surface area contributed by atoms with Crippen molar-refractivity contribution in [3.63, 3.8) is 0 Å². The van der Waals surface area contributed by atoms with Crippen LogP contribution in [-0.2, 0) is 46.0 Å². The SMILES string of the molecule is O=S(=O)(O)c1cc2c(s1)-c1c(c(COCCCOCc3nn(-c4ccc(Cl)cc4Cl)c4c3COc3ccsc3-4)nn1-c1ccc(Cl)cc1Cl)CO2. The molecule has 0 aliphatic carbocycles. The van der Waals surface area contributed by atoms with Crippen LogP contribution in [0.5, 0.6) is 11.5 Å². The molecule has 4 aromatic heterocycles. The molecular weight excluding hydrogens is 802 g/mol. The summed E-state index contributed by atoms with van der Waals surface area (Å²) < 4.78 is 60.7. The van der Waals surface area contributed by atoms with Crippen LogP contribution in [0.4, 0.5) is 0 Å². The van der Waals surface area contributed by atoms with Gasteiger partial charge in [0, 0.05) is 40.5 Å². The number of nitrogens with zero attached hydrogens (tertiary/aromatic N) is 4. The molecule has 0 amide bonds. The lowest BCUT2D eigenvalue weighted by atomic mass is 10.1. The molecule has 0 atom stereocenters. The second kappa shape index (κ2) is 14.0. The molecule has 0 unspecified atom stereocenters. The fourth-order valence-electron chi connectivity index (χ4n) is 5.88. The number of thiophene rings is 2. The van der Waals surface area contributed by atoms with Crippen LogP contribution in [0.3, 0.4) is 0 Å². The van der Waals surface area contributed by atoms with E-state index in [1.165, 1.54) is 6.07 Å². The van der Waals surface area contributed by atoms with E-state index in [1.807, 2.05) is 22.2 Å². The summed E-state index contributed by atoms with van der Waals surface area (Å²) >= 11 is 27.9. The average Bonchev–Trinajstić information content (AvgIpc) is 3.88. The first-order valence-electron chi connectivity index (χ1n) is 15.3. The minimum atomic E-state index is -4.45. The molecule has 18 heteroatoms. The summed E-state index contributed by atoms with van der Waals surface area (Å²) in [5, 5.41) is 13.5. The van der Waals surface area contributed by atoms with Gasteiger partial charge in [0.05, 0.1) is 67.2 Å². The average molecular weight is 827 g/mol. The number of hydrogen-bond donors (Lipinski definition) is 1. The lowest BCUT2D eigenvalue weighted by Gasteiger charge is -2.17. The van der Waals surface area contributed by atoms with Crippen LogP contribution in [0.15, 0.2) is 58.1 Å². The number of ether oxygens (including phenoxy) is 4. The van der Waals surface area contributed by atoms with Gasteiger partial charge < -0.3 is 18.9 Å². The molecule has 2 aliphatic heterocycles. The molecule has 8 rings (SSSR count). The second-order valence-electron chi connectivity index (χ2n) is 11.4. The van der Waals surface area contributed by atoms with E-state index in [0.717, 1.165) is 38.9 Å². The number of rotatable bonds is 11. The molecule has 0 fully saturated rings. The van der Waals surface area contributed by atoms with E-state index in [9.17, 15) is 13.0 Å². The van der Waals surface area contributed by atoms with Crippen LogP contribution in [0.25, 0.3) is 32.5 Å². The van der Waals surface area contributed by atoms with Gasteiger partial charge in [0.2, 0.25) is 0 Å². The largest absolute Gasteiger partial charge is 0.487 e. The van der Waals surface area contributed by atoms with Crippen molar-refractivity contribution in [1.82, 2.24) is 19.6 Å². The van der Waals surface area contributed by atoms with Gasteiger partial charge in [0.1, 0.15) is 24.7 Å². The fraction of sp³-hybridized carbons (Fsp3) is 0.212. The van der Waals surface area contributed by atoms with Crippen molar-refractivity contribution >= 4 is 79.2 Å². The monoisotopic (exact) mass is 824 g/mol. The highest BCUT2D eigenvalue weighted by molar-refractivity contribution is 7.88. The maximum absolute atomic E-state index is 11.9. The summed E-state index contributed by atoms with van der Waals surface area (Å²) in [6.45, 7) is 1.66. The second-order valence-corrected chi connectivity index (χ2v) is 16.8. The van der Waals surface area contributed by atoms with Crippen LogP contribution >= 0.6 is 69.1 Å². The molecular formula is C33H24Cl4N4O7S3. The van der Waals surface area contributed by atoms with Crippen molar-refractivity contribution in [2.24, 2.45) is 0 Å². The van der Waals surface area contributed by atoms with Crippen LogP contribution in [0, 0.1) is 0 Å². The third-order valence-corrected chi connectivity index (χ3v) is 12.6. The summed E-state index contributed by atoms with van der Waals surface area (Å²) in [5.74, 6) is 1.12. The Morgan fingerprint density at radius 3 is 1.86 bits per heavy atom. The van der Waals surface area contributed by atoms with E-state index >= 15 is 0 Å². The minimum Gasteiger partial charge on any atom is -0.487 e. The van der Waals surface area contributed by atoms with Crippen LogP contribution in [0.1, 0.15) is 28.9 Å². The molecule has 0 bridgehead atoms. The van der Waals surface area contributed by atoms with E-state index in [-0.39, 0.29) is 24.0 Å². The summed E-state index contributed by atoms with van der Waals surface area (Å²) in [6.07, 6.45) is 0.590. The molecule has 6 heterocycles. The van der Waals surface area contributed by atoms with Crippen molar-refractivity contribution in [2.45, 2.75) is 37.1 Å². The van der Waals surface area contributed by atoms with Crippen molar-refractivity contribution < 1.29 is 31.9 Å².